The fourth-order valence-electron chi connectivity index (χ4n) is 3.48. The summed E-state index contributed by atoms with van der Waals surface area (Å²) in [5, 5.41) is 14.1. The number of hydrogen-bond acceptors (Lipinski definition) is 7. The van der Waals surface area contributed by atoms with Crippen molar-refractivity contribution in [2.75, 3.05) is 11.9 Å². The third-order valence-electron chi connectivity index (χ3n) is 5.44. The second-order valence-corrected chi connectivity index (χ2v) is 9.65. The molecule has 35 heavy (non-hydrogen) atoms. The molecule has 0 saturated carbocycles. The van der Waals surface area contributed by atoms with E-state index in [1.165, 1.54) is 0 Å². The zero-order valence-corrected chi connectivity index (χ0v) is 21.0. The molecule has 178 valence electrons. The molecule has 0 saturated heterocycles. The van der Waals surface area contributed by atoms with Crippen LogP contribution in [0.15, 0.2) is 54.7 Å². The van der Waals surface area contributed by atoms with Crippen LogP contribution >= 0.6 is 11.6 Å². The zero-order valence-electron chi connectivity index (χ0n) is 20.2. The number of nitrogens with one attached hydrogen (secondary N) is 1. The van der Waals surface area contributed by atoms with E-state index in [1.807, 2.05) is 50.2 Å². The highest BCUT2D eigenvalue weighted by atomic mass is 35.5. The van der Waals surface area contributed by atoms with Gasteiger partial charge < -0.3 is 10.1 Å². The molecule has 1 N–H and O–H groups in total. The molecular formula is C27H27ClN6O. The minimum Gasteiger partial charge on any atom is -0.373 e. The van der Waals surface area contributed by atoms with Crippen LogP contribution in [0.5, 0.6) is 0 Å². The van der Waals surface area contributed by atoms with E-state index in [0.717, 1.165) is 16.6 Å². The van der Waals surface area contributed by atoms with Crippen LogP contribution in [0.3, 0.4) is 0 Å². The lowest BCUT2D eigenvalue weighted by Crippen LogP contribution is -2.13. The van der Waals surface area contributed by atoms with Gasteiger partial charge in [-0.25, -0.2) is 15.0 Å². The summed E-state index contributed by atoms with van der Waals surface area (Å²) >= 11 is 6.35. The summed E-state index contributed by atoms with van der Waals surface area (Å²) in [6.45, 7) is 8.86. The molecule has 4 rings (SSSR count). The monoisotopic (exact) mass is 486 g/mol. The van der Waals surface area contributed by atoms with Gasteiger partial charge in [0, 0.05) is 18.5 Å². The van der Waals surface area contributed by atoms with Gasteiger partial charge in [0.1, 0.15) is 18.1 Å². The van der Waals surface area contributed by atoms with E-state index in [1.54, 1.807) is 18.3 Å². The van der Waals surface area contributed by atoms with Gasteiger partial charge in [-0.2, -0.15) is 5.26 Å². The molecule has 0 aliphatic carbocycles. The van der Waals surface area contributed by atoms with Gasteiger partial charge in [-0.3, -0.25) is 4.98 Å². The molecule has 0 aliphatic heterocycles. The molecule has 3 aromatic heterocycles. The fraction of sp³-hybridized carbons (Fsp3) is 0.296. The standard InChI is InChI=1S/C27H27ClN6O/c1-17(2)14-35-15-23-33-25(31-19-9-7-18(8-10-19)27(3,4)16-29)20-11-12-22(32-26(20)34-23)24-21(28)6-5-13-30-24/h5-13,17H,14-15H2,1-4H3,(H,31,32,33,34). The van der Waals surface area contributed by atoms with Crippen molar-refractivity contribution in [3.05, 3.63) is 71.1 Å². The third-order valence-corrected chi connectivity index (χ3v) is 5.74. The Kier molecular flexibility index (Phi) is 7.25. The average Bonchev–Trinajstić information content (AvgIpc) is 2.84. The van der Waals surface area contributed by atoms with Crippen molar-refractivity contribution in [1.82, 2.24) is 19.9 Å². The summed E-state index contributed by atoms with van der Waals surface area (Å²) in [6.07, 6.45) is 1.68. The lowest BCUT2D eigenvalue weighted by molar-refractivity contribution is 0.0925. The van der Waals surface area contributed by atoms with Crippen LogP contribution in [0.25, 0.3) is 22.4 Å². The molecule has 0 unspecified atom stereocenters. The van der Waals surface area contributed by atoms with E-state index < -0.39 is 5.41 Å². The zero-order chi connectivity index (χ0) is 25.0. The Hall–Kier alpha value is -3.60. The van der Waals surface area contributed by atoms with Gasteiger partial charge in [0.15, 0.2) is 11.5 Å². The number of aromatic nitrogens is 4. The molecule has 0 bridgehead atoms. The lowest BCUT2D eigenvalue weighted by Gasteiger charge is -2.17. The Bertz CT molecular complexity index is 1380. The summed E-state index contributed by atoms with van der Waals surface area (Å²) in [6, 6.07) is 17.4. The van der Waals surface area contributed by atoms with Crippen LogP contribution in [-0.4, -0.2) is 26.5 Å². The van der Waals surface area contributed by atoms with Crippen LogP contribution in [0.1, 0.15) is 39.1 Å². The van der Waals surface area contributed by atoms with E-state index >= 15 is 0 Å². The Labute approximate surface area is 210 Å². The molecule has 1 aromatic carbocycles. The van der Waals surface area contributed by atoms with Crippen LogP contribution < -0.4 is 5.32 Å². The number of anilines is 2. The molecule has 4 aromatic rings. The van der Waals surface area contributed by atoms with Gasteiger partial charge in [0.05, 0.1) is 27.6 Å². The van der Waals surface area contributed by atoms with Crippen LogP contribution in [0.4, 0.5) is 11.5 Å². The molecule has 0 fully saturated rings. The van der Waals surface area contributed by atoms with E-state index in [2.05, 4.69) is 35.2 Å². The molecule has 0 atom stereocenters. The van der Waals surface area contributed by atoms with Crippen LogP contribution in [0, 0.1) is 17.2 Å². The van der Waals surface area contributed by atoms with Gasteiger partial charge >= 0.3 is 0 Å². The number of hydrogen-bond donors (Lipinski definition) is 1. The lowest BCUT2D eigenvalue weighted by atomic mass is 9.86. The SMILES string of the molecule is CC(C)COCc1nc(Nc2ccc(C(C)(C)C#N)cc2)c2ccc(-c3ncccc3Cl)nc2n1. The molecule has 0 radical (unpaired) electrons. The first-order chi connectivity index (χ1) is 16.8. The molecule has 0 amide bonds. The summed E-state index contributed by atoms with van der Waals surface area (Å²) in [4.78, 5) is 18.5. The number of rotatable bonds is 8. The van der Waals surface area contributed by atoms with Crippen molar-refractivity contribution in [3.8, 4) is 17.5 Å². The molecule has 8 heteroatoms. The number of nitriles is 1. The van der Waals surface area contributed by atoms with E-state index in [9.17, 15) is 5.26 Å². The number of nitrogens with zero attached hydrogens (tertiary/aromatic N) is 5. The summed E-state index contributed by atoms with van der Waals surface area (Å²) in [7, 11) is 0. The van der Waals surface area contributed by atoms with Crippen LogP contribution in [0.2, 0.25) is 5.02 Å². The highest BCUT2D eigenvalue weighted by Gasteiger charge is 2.19. The molecule has 3 heterocycles. The molecule has 0 spiro atoms. The normalized spacial score (nSPS) is 11.6. The van der Waals surface area contributed by atoms with E-state index in [4.69, 9.17) is 26.3 Å². The smallest absolute Gasteiger partial charge is 0.165 e. The van der Waals surface area contributed by atoms with Crippen molar-refractivity contribution in [3.63, 3.8) is 0 Å². The van der Waals surface area contributed by atoms with Gasteiger partial charge in [-0.15, -0.1) is 0 Å². The van der Waals surface area contributed by atoms with Crippen molar-refractivity contribution in [2.45, 2.75) is 39.7 Å². The number of pyridine rings is 2. The van der Waals surface area contributed by atoms with Gasteiger partial charge in [-0.1, -0.05) is 37.6 Å². The fourth-order valence-corrected chi connectivity index (χ4v) is 3.70. The average molecular weight is 487 g/mol. The maximum Gasteiger partial charge on any atom is 0.165 e. The first-order valence-corrected chi connectivity index (χ1v) is 11.8. The maximum atomic E-state index is 9.41. The largest absolute Gasteiger partial charge is 0.373 e. The van der Waals surface area contributed by atoms with Gasteiger partial charge in [-0.05, 0) is 61.7 Å². The van der Waals surface area contributed by atoms with Crippen LogP contribution in [-0.2, 0) is 16.8 Å². The Morgan fingerprint density at radius 2 is 1.83 bits per heavy atom. The maximum absolute atomic E-state index is 9.41. The van der Waals surface area contributed by atoms with E-state index in [-0.39, 0.29) is 6.61 Å². The van der Waals surface area contributed by atoms with Crippen molar-refractivity contribution >= 4 is 34.1 Å². The highest BCUT2D eigenvalue weighted by molar-refractivity contribution is 6.32. The highest BCUT2D eigenvalue weighted by Crippen LogP contribution is 2.30. The predicted octanol–water partition coefficient (Wildman–Crippen LogP) is 6.46. The second-order valence-electron chi connectivity index (χ2n) is 9.24. The van der Waals surface area contributed by atoms with Crippen molar-refractivity contribution in [1.29, 1.82) is 5.26 Å². The predicted molar refractivity (Wildman–Crippen MR) is 138 cm³/mol. The minimum atomic E-state index is -0.561. The first kappa shape index (κ1) is 24.5. The summed E-state index contributed by atoms with van der Waals surface area (Å²) in [5.41, 5.74) is 2.97. The van der Waals surface area contributed by atoms with Gasteiger partial charge in [0.25, 0.3) is 0 Å². The van der Waals surface area contributed by atoms with Crippen molar-refractivity contribution < 1.29 is 4.74 Å². The topological polar surface area (TPSA) is 96.6 Å². The Morgan fingerprint density at radius 1 is 1.06 bits per heavy atom. The third kappa shape index (κ3) is 5.73. The molecule has 0 aliphatic rings. The van der Waals surface area contributed by atoms with E-state index in [0.29, 0.717) is 46.2 Å². The minimum absolute atomic E-state index is 0.272. The first-order valence-electron chi connectivity index (χ1n) is 11.4. The van der Waals surface area contributed by atoms with Crippen molar-refractivity contribution in [2.24, 2.45) is 5.92 Å². The molecule has 7 nitrogen and oxygen atoms in total. The number of ether oxygens (including phenoxy) is 1. The Balaban J connectivity index is 1.73. The number of benzene rings is 1. The second kappa shape index (κ2) is 10.3. The number of halogens is 1. The quantitative estimate of drug-likeness (QED) is 0.305. The van der Waals surface area contributed by atoms with Gasteiger partial charge in [0.2, 0.25) is 0 Å². The Morgan fingerprint density at radius 3 is 2.51 bits per heavy atom. The summed E-state index contributed by atoms with van der Waals surface area (Å²) in [5.74, 6) is 1.55. The summed E-state index contributed by atoms with van der Waals surface area (Å²) < 4.78 is 5.79. The molecular weight excluding hydrogens is 460 g/mol. The number of fused-ring (bicyclic) bond motifs is 1.